The largest absolute Gasteiger partial charge is 0.357 e. The van der Waals surface area contributed by atoms with E-state index in [1.54, 1.807) is 6.92 Å². The number of aliphatic imine (C=N–C) groups is 1. The quantitative estimate of drug-likeness (QED) is 0.420. The molecule has 1 fully saturated rings. The van der Waals surface area contributed by atoms with Gasteiger partial charge in [0.2, 0.25) is 5.91 Å². The fraction of sp³-hybridized carbons (Fsp3) is 0.579. The molecule has 1 N–H and O–H groups in total. The molecule has 0 spiro atoms. The van der Waals surface area contributed by atoms with Gasteiger partial charge in [0.25, 0.3) is 0 Å². The summed E-state index contributed by atoms with van der Waals surface area (Å²) in [5.74, 6) is 1.64. The fourth-order valence-electron chi connectivity index (χ4n) is 2.97. The van der Waals surface area contributed by atoms with Gasteiger partial charge >= 0.3 is 0 Å². The van der Waals surface area contributed by atoms with E-state index in [1.807, 2.05) is 4.90 Å². The molecular formula is C19H31IN4O. The first-order valence-electron chi connectivity index (χ1n) is 8.95. The van der Waals surface area contributed by atoms with Crippen LogP contribution in [0.15, 0.2) is 35.3 Å². The van der Waals surface area contributed by atoms with Crippen molar-refractivity contribution < 1.29 is 4.79 Å². The molecule has 2 rings (SSSR count). The van der Waals surface area contributed by atoms with Crippen molar-refractivity contribution in [2.45, 2.75) is 33.1 Å². The topological polar surface area (TPSA) is 47.9 Å². The van der Waals surface area contributed by atoms with Crippen LogP contribution >= 0.6 is 24.0 Å². The van der Waals surface area contributed by atoms with Crippen LogP contribution in [0.4, 0.5) is 0 Å². The van der Waals surface area contributed by atoms with E-state index in [2.05, 4.69) is 54.4 Å². The van der Waals surface area contributed by atoms with Crippen LogP contribution in [0.2, 0.25) is 0 Å². The molecule has 1 heterocycles. The molecule has 0 radical (unpaired) electrons. The van der Waals surface area contributed by atoms with Crippen LogP contribution in [0.3, 0.4) is 0 Å². The standard InChI is InChI=1S/C19H30N4O.HI/c1-4-20-19(23-14-12-22(13-15-23)17(3)24)21-11-10-16(2)18-8-6-5-7-9-18;/h5-9,16H,4,10-15H2,1-3H3,(H,20,21);1H. The zero-order chi connectivity index (χ0) is 17.4. The maximum Gasteiger partial charge on any atom is 0.219 e. The minimum absolute atomic E-state index is 0. The van der Waals surface area contributed by atoms with Crippen molar-refractivity contribution in [3.05, 3.63) is 35.9 Å². The Bertz CT molecular complexity index is 542. The van der Waals surface area contributed by atoms with Gasteiger partial charge in [-0.1, -0.05) is 37.3 Å². The summed E-state index contributed by atoms with van der Waals surface area (Å²) in [7, 11) is 0. The minimum atomic E-state index is 0. The summed E-state index contributed by atoms with van der Waals surface area (Å²) >= 11 is 0. The Morgan fingerprint density at radius 2 is 1.76 bits per heavy atom. The molecule has 1 aromatic carbocycles. The van der Waals surface area contributed by atoms with E-state index in [4.69, 9.17) is 4.99 Å². The first-order chi connectivity index (χ1) is 11.6. The van der Waals surface area contributed by atoms with Crippen molar-refractivity contribution in [1.29, 1.82) is 0 Å². The SMILES string of the molecule is CCNC(=NCCC(C)c1ccccc1)N1CCN(C(C)=O)CC1.I. The zero-order valence-corrected chi connectivity index (χ0v) is 17.9. The van der Waals surface area contributed by atoms with Crippen LogP contribution in [0.25, 0.3) is 0 Å². The van der Waals surface area contributed by atoms with E-state index in [0.29, 0.717) is 5.92 Å². The summed E-state index contributed by atoms with van der Waals surface area (Å²) in [5, 5.41) is 3.38. The Kier molecular flexibility index (Phi) is 9.85. The number of rotatable bonds is 5. The van der Waals surface area contributed by atoms with Crippen molar-refractivity contribution in [3.63, 3.8) is 0 Å². The highest BCUT2D eigenvalue weighted by atomic mass is 127. The molecule has 5 nitrogen and oxygen atoms in total. The van der Waals surface area contributed by atoms with Crippen LogP contribution < -0.4 is 5.32 Å². The van der Waals surface area contributed by atoms with Gasteiger partial charge in [-0.2, -0.15) is 0 Å². The summed E-state index contributed by atoms with van der Waals surface area (Å²) in [6, 6.07) is 10.6. The van der Waals surface area contributed by atoms with Crippen LogP contribution in [0.5, 0.6) is 0 Å². The van der Waals surface area contributed by atoms with Crippen molar-refractivity contribution in [3.8, 4) is 0 Å². The molecule has 1 amide bonds. The van der Waals surface area contributed by atoms with Gasteiger partial charge < -0.3 is 15.1 Å². The van der Waals surface area contributed by atoms with Gasteiger partial charge in [-0.3, -0.25) is 9.79 Å². The molecule has 1 unspecified atom stereocenters. The Labute approximate surface area is 168 Å². The summed E-state index contributed by atoms with van der Waals surface area (Å²) in [6.07, 6.45) is 1.03. The van der Waals surface area contributed by atoms with Crippen LogP contribution in [-0.2, 0) is 4.79 Å². The molecule has 1 aromatic rings. The van der Waals surface area contributed by atoms with E-state index < -0.39 is 0 Å². The molecule has 0 aromatic heterocycles. The number of guanidine groups is 1. The lowest BCUT2D eigenvalue weighted by Crippen LogP contribution is -2.53. The Balaban J connectivity index is 0.00000312. The van der Waals surface area contributed by atoms with Gasteiger partial charge in [-0.15, -0.1) is 24.0 Å². The lowest BCUT2D eigenvalue weighted by molar-refractivity contribution is -0.130. The van der Waals surface area contributed by atoms with Crippen LogP contribution in [0, 0.1) is 0 Å². The van der Waals surface area contributed by atoms with Gasteiger partial charge in [0.05, 0.1) is 0 Å². The molecule has 0 saturated carbocycles. The van der Waals surface area contributed by atoms with E-state index >= 15 is 0 Å². The highest BCUT2D eigenvalue weighted by Gasteiger charge is 2.20. The second-order valence-corrected chi connectivity index (χ2v) is 6.33. The average molecular weight is 458 g/mol. The molecule has 1 aliphatic rings. The highest BCUT2D eigenvalue weighted by Crippen LogP contribution is 2.18. The van der Waals surface area contributed by atoms with Crippen molar-refractivity contribution in [2.75, 3.05) is 39.3 Å². The number of amides is 1. The molecule has 1 atom stereocenters. The van der Waals surface area contributed by atoms with E-state index in [0.717, 1.165) is 51.6 Å². The molecule has 1 aliphatic heterocycles. The van der Waals surface area contributed by atoms with Crippen LogP contribution in [0.1, 0.15) is 38.7 Å². The number of nitrogens with one attached hydrogen (secondary N) is 1. The minimum Gasteiger partial charge on any atom is -0.357 e. The number of benzene rings is 1. The second-order valence-electron chi connectivity index (χ2n) is 6.33. The zero-order valence-electron chi connectivity index (χ0n) is 15.6. The molecular weight excluding hydrogens is 427 g/mol. The maximum absolute atomic E-state index is 11.4. The van der Waals surface area contributed by atoms with Crippen molar-refractivity contribution >= 4 is 35.8 Å². The van der Waals surface area contributed by atoms with E-state index in [9.17, 15) is 4.79 Å². The lowest BCUT2D eigenvalue weighted by Gasteiger charge is -2.36. The summed E-state index contributed by atoms with van der Waals surface area (Å²) in [6.45, 7) is 10.9. The number of carbonyl (C=O) groups is 1. The predicted molar refractivity (Wildman–Crippen MR) is 115 cm³/mol. The van der Waals surface area contributed by atoms with Crippen molar-refractivity contribution in [1.82, 2.24) is 15.1 Å². The van der Waals surface area contributed by atoms with Gasteiger partial charge in [-0.05, 0) is 24.8 Å². The predicted octanol–water partition coefficient (Wildman–Crippen LogP) is 2.93. The molecule has 0 bridgehead atoms. The number of halogens is 1. The number of carbonyl (C=O) groups excluding carboxylic acids is 1. The first-order valence-corrected chi connectivity index (χ1v) is 8.95. The molecule has 140 valence electrons. The van der Waals surface area contributed by atoms with Crippen molar-refractivity contribution in [2.24, 2.45) is 4.99 Å². The van der Waals surface area contributed by atoms with E-state index in [1.165, 1.54) is 5.56 Å². The Morgan fingerprint density at radius 1 is 1.16 bits per heavy atom. The monoisotopic (exact) mass is 458 g/mol. The molecule has 1 saturated heterocycles. The molecule has 6 heteroatoms. The Hall–Kier alpha value is -1.31. The van der Waals surface area contributed by atoms with Gasteiger partial charge in [0.1, 0.15) is 0 Å². The average Bonchev–Trinajstić information content (AvgIpc) is 2.61. The van der Waals surface area contributed by atoms with Crippen LogP contribution in [-0.4, -0.2) is 60.9 Å². The lowest BCUT2D eigenvalue weighted by atomic mass is 9.98. The number of hydrogen-bond acceptors (Lipinski definition) is 2. The van der Waals surface area contributed by atoms with Gasteiger partial charge in [0, 0.05) is 46.2 Å². The third-order valence-corrected chi connectivity index (χ3v) is 4.55. The van der Waals surface area contributed by atoms with E-state index in [-0.39, 0.29) is 29.9 Å². The normalized spacial score (nSPS) is 16.2. The summed E-state index contributed by atoms with van der Waals surface area (Å²) < 4.78 is 0. The third-order valence-electron chi connectivity index (χ3n) is 4.55. The van der Waals surface area contributed by atoms with Gasteiger partial charge in [0.15, 0.2) is 5.96 Å². The number of piperazine rings is 1. The maximum atomic E-state index is 11.4. The second kappa shape index (κ2) is 11.3. The summed E-state index contributed by atoms with van der Waals surface area (Å²) in [5.41, 5.74) is 1.37. The third kappa shape index (κ3) is 6.84. The smallest absolute Gasteiger partial charge is 0.219 e. The number of nitrogens with zero attached hydrogens (tertiary/aromatic N) is 3. The first kappa shape index (κ1) is 21.7. The fourth-order valence-corrected chi connectivity index (χ4v) is 2.97. The van der Waals surface area contributed by atoms with Gasteiger partial charge in [-0.25, -0.2) is 0 Å². The molecule has 25 heavy (non-hydrogen) atoms. The summed E-state index contributed by atoms with van der Waals surface area (Å²) in [4.78, 5) is 20.4. The highest BCUT2D eigenvalue weighted by molar-refractivity contribution is 14.0. The molecule has 0 aliphatic carbocycles. The Morgan fingerprint density at radius 3 is 2.32 bits per heavy atom. The number of hydrogen-bond donors (Lipinski definition) is 1.